The molecule has 1 unspecified atom stereocenters. The third kappa shape index (κ3) is 2.78. The highest BCUT2D eigenvalue weighted by atomic mass is 14.4. The van der Waals surface area contributed by atoms with Crippen molar-refractivity contribution in [2.75, 3.05) is 0 Å². The maximum Gasteiger partial charge on any atom is -0.0326 e. The minimum absolute atomic E-state index is 0. The zero-order valence-electron chi connectivity index (χ0n) is 9.19. The van der Waals surface area contributed by atoms with E-state index in [0.717, 1.165) is 11.8 Å². The fraction of sp³-hybridized carbons (Fsp3) is 1.00. The van der Waals surface area contributed by atoms with Crippen LogP contribution in [0.3, 0.4) is 0 Å². The van der Waals surface area contributed by atoms with Crippen LogP contribution < -0.4 is 6.15 Å². The van der Waals surface area contributed by atoms with Crippen LogP contribution in [0.1, 0.15) is 53.4 Å². The van der Waals surface area contributed by atoms with Gasteiger partial charge in [-0.05, 0) is 36.5 Å². The second kappa shape index (κ2) is 4.27. The van der Waals surface area contributed by atoms with Crippen LogP contribution in [0.15, 0.2) is 0 Å². The van der Waals surface area contributed by atoms with Crippen LogP contribution >= 0.6 is 0 Å². The SMILES string of the molecule is CC(C)CC1CCCC1(C)C.N. The fourth-order valence-corrected chi connectivity index (χ4v) is 2.40. The lowest BCUT2D eigenvalue weighted by Gasteiger charge is -2.28. The third-order valence-corrected chi connectivity index (χ3v) is 3.23. The lowest BCUT2D eigenvalue weighted by atomic mass is 9.78. The second-order valence-corrected chi connectivity index (χ2v) is 5.21. The van der Waals surface area contributed by atoms with Gasteiger partial charge in [0.05, 0.1) is 0 Å². The van der Waals surface area contributed by atoms with Gasteiger partial charge in [0.1, 0.15) is 0 Å². The Hall–Kier alpha value is -0.0400. The minimum atomic E-state index is 0. The van der Waals surface area contributed by atoms with E-state index in [2.05, 4.69) is 27.7 Å². The molecule has 0 radical (unpaired) electrons. The van der Waals surface area contributed by atoms with Crippen LogP contribution in [0.25, 0.3) is 0 Å². The summed E-state index contributed by atoms with van der Waals surface area (Å²) in [5.74, 6) is 1.89. The van der Waals surface area contributed by atoms with E-state index < -0.39 is 0 Å². The van der Waals surface area contributed by atoms with E-state index >= 15 is 0 Å². The van der Waals surface area contributed by atoms with Gasteiger partial charge < -0.3 is 6.15 Å². The van der Waals surface area contributed by atoms with Crippen molar-refractivity contribution in [3.05, 3.63) is 0 Å². The molecule has 1 atom stereocenters. The summed E-state index contributed by atoms with van der Waals surface area (Å²) in [6.07, 6.45) is 5.83. The highest BCUT2D eigenvalue weighted by molar-refractivity contribution is 4.85. The van der Waals surface area contributed by atoms with E-state index in [-0.39, 0.29) is 6.15 Å². The zero-order chi connectivity index (χ0) is 8.48. The molecule has 1 heteroatoms. The highest BCUT2D eigenvalue weighted by Gasteiger charge is 2.34. The van der Waals surface area contributed by atoms with Gasteiger partial charge in [-0.1, -0.05) is 34.1 Å². The Morgan fingerprint density at radius 1 is 1.33 bits per heavy atom. The van der Waals surface area contributed by atoms with E-state index in [4.69, 9.17) is 0 Å². The van der Waals surface area contributed by atoms with E-state index in [0.29, 0.717) is 5.41 Å². The molecule has 0 aromatic heterocycles. The van der Waals surface area contributed by atoms with Crippen LogP contribution in [0.2, 0.25) is 0 Å². The smallest absolute Gasteiger partial charge is 0.0326 e. The van der Waals surface area contributed by atoms with E-state index in [1.54, 1.807) is 0 Å². The summed E-state index contributed by atoms with van der Waals surface area (Å²) in [6, 6.07) is 0. The van der Waals surface area contributed by atoms with Gasteiger partial charge in [0.15, 0.2) is 0 Å². The second-order valence-electron chi connectivity index (χ2n) is 5.21. The lowest BCUT2D eigenvalue weighted by molar-refractivity contribution is 0.224. The van der Waals surface area contributed by atoms with Gasteiger partial charge in [-0.3, -0.25) is 0 Å². The van der Waals surface area contributed by atoms with Gasteiger partial charge >= 0.3 is 0 Å². The normalized spacial score (nSPS) is 27.2. The molecule has 0 heterocycles. The van der Waals surface area contributed by atoms with E-state index in [1.807, 2.05) is 0 Å². The molecule has 1 nitrogen and oxygen atoms in total. The Bertz CT molecular complexity index is 127. The van der Waals surface area contributed by atoms with E-state index in [9.17, 15) is 0 Å². The molecule has 0 bridgehead atoms. The molecule has 0 aromatic carbocycles. The molecule has 0 aromatic rings. The summed E-state index contributed by atoms with van der Waals surface area (Å²) in [5.41, 5.74) is 0.643. The molecule has 0 aliphatic heterocycles. The molecule has 12 heavy (non-hydrogen) atoms. The molecule has 3 N–H and O–H groups in total. The Morgan fingerprint density at radius 2 is 1.92 bits per heavy atom. The van der Waals surface area contributed by atoms with Crippen molar-refractivity contribution in [1.82, 2.24) is 6.15 Å². The maximum absolute atomic E-state index is 2.44. The zero-order valence-corrected chi connectivity index (χ0v) is 9.19. The number of hydrogen-bond donors (Lipinski definition) is 1. The minimum Gasteiger partial charge on any atom is -0.344 e. The summed E-state index contributed by atoms with van der Waals surface area (Å²) < 4.78 is 0. The summed E-state index contributed by atoms with van der Waals surface area (Å²) in [7, 11) is 0. The molecule has 74 valence electrons. The standard InChI is InChI=1S/C11H22.H3N/c1-9(2)8-10-6-5-7-11(10,3)4;/h9-10H,5-8H2,1-4H3;1H3. The molecular formula is C11H25N. The van der Waals surface area contributed by atoms with Gasteiger partial charge in [-0.2, -0.15) is 0 Å². The molecule has 1 fully saturated rings. The Labute approximate surface area is 77.5 Å². The van der Waals surface area contributed by atoms with Crippen LogP contribution in [-0.2, 0) is 0 Å². The molecule has 1 aliphatic carbocycles. The van der Waals surface area contributed by atoms with Crippen LogP contribution in [0.4, 0.5) is 0 Å². The Balaban J connectivity index is 0.00000121. The first-order valence-corrected chi connectivity index (χ1v) is 5.02. The monoisotopic (exact) mass is 171 g/mol. The Kier molecular flexibility index (Phi) is 4.25. The average Bonchev–Trinajstić information content (AvgIpc) is 2.10. The molecule has 1 rings (SSSR count). The molecule has 0 amide bonds. The summed E-state index contributed by atoms with van der Waals surface area (Å²) in [4.78, 5) is 0. The molecule has 0 spiro atoms. The van der Waals surface area contributed by atoms with Crippen LogP contribution in [0, 0.1) is 17.3 Å². The third-order valence-electron chi connectivity index (χ3n) is 3.23. The van der Waals surface area contributed by atoms with Gasteiger partial charge in [-0.15, -0.1) is 0 Å². The maximum atomic E-state index is 2.44. The first-order valence-electron chi connectivity index (χ1n) is 5.02. The first-order chi connectivity index (χ1) is 5.02. The van der Waals surface area contributed by atoms with Crippen molar-refractivity contribution < 1.29 is 0 Å². The topological polar surface area (TPSA) is 35.0 Å². The fourth-order valence-electron chi connectivity index (χ4n) is 2.40. The van der Waals surface area contributed by atoms with Crippen LogP contribution in [0.5, 0.6) is 0 Å². The summed E-state index contributed by atoms with van der Waals surface area (Å²) >= 11 is 0. The average molecular weight is 171 g/mol. The predicted octanol–water partition coefficient (Wildman–Crippen LogP) is 4.02. The van der Waals surface area contributed by atoms with Crippen LogP contribution in [-0.4, -0.2) is 0 Å². The predicted molar refractivity (Wildman–Crippen MR) is 55.6 cm³/mol. The number of hydrogen-bond acceptors (Lipinski definition) is 1. The largest absolute Gasteiger partial charge is 0.344 e. The summed E-state index contributed by atoms with van der Waals surface area (Å²) in [6.45, 7) is 9.56. The van der Waals surface area contributed by atoms with Gasteiger partial charge in [0.25, 0.3) is 0 Å². The van der Waals surface area contributed by atoms with Gasteiger partial charge in [-0.25, -0.2) is 0 Å². The first kappa shape index (κ1) is 12.0. The highest BCUT2D eigenvalue weighted by Crippen LogP contribution is 2.45. The van der Waals surface area contributed by atoms with Gasteiger partial charge in [0, 0.05) is 0 Å². The van der Waals surface area contributed by atoms with Crippen molar-refractivity contribution in [1.29, 1.82) is 0 Å². The van der Waals surface area contributed by atoms with Crippen molar-refractivity contribution in [2.24, 2.45) is 17.3 Å². The van der Waals surface area contributed by atoms with Crippen molar-refractivity contribution in [2.45, 2.75) is 53.4 Å². The Morgan fingerprint density at radius 3 is 2.25 bits per heavy atom. The van der Waals surface area contributed by atoms with Gasteiger partial charge in [0.2, 0.25) is 0 Å². The molecular weight excluding hydrogens is 146 g/mol. The lowest BCUT2D eigenvalue weighted by Crippen LogP contribution is -2.18. The van der Waals surface area contributed by atoms with Crippen molar-refractivity contribution >= 4 is 0 Å². The molecule has 0 saturated heterocycles. The molecule has 1 saturated carbocycles. The van der Waals surface area contributed by atoms with Crippen molar-refractivity contribution in [3.63, 3.8) is 0 Å². The van der Waals surface area contributed by atoms with Crippen molar-refractivity contribution in [3.8, 4) is 0 Å². The molecule has 1 aliphatic rings. The number of rotatable bonds is 2. The summed E-state index contributed by atoms with van der Waals surface area (Å²) in [5, 5.41) is 0. The quantitative estimate of drug-likeness (QED) is 0.669. The van der Waals surface area contributed by atoms with E-state index in [1.165, 1.54) is 25.7 Å².